The van der Waals surface area contributed by atoms with Gasteiger partial charge in [0.1, 0.15) is 23.7 Å². The van der Waals surface area contributed by atoms with E-state index in [1.165, 1.54) is 17.9 Å². The second kappa shape index (κ2) is 10.7. The first-order valence-electron chi connectivity index (χ1n) is 12.4. The van der Waals surface area contributed by atoms with Crippen LogP contribution in [0.5, 0.6) is 5.75 Å². The van der Waals surface area contributed by atoms with Gasteiger partial charge < -0.3 is 23.9 Å². The molecule has 0 fully saturated rings. The fourth-order valence-electron chi connectivity index (χ4n) is 4.61. The number of anilines is 1. The van der Waals surface area contributed by atoms with E-state index in [9.17, 15) is 27.6 Å². The monoisotopic (exact) mass is 562 g/mol. The zero-order valence-electron chi connectivity index (χ0n) is 22.6. The van der Waals surface area contributed by atoms with E-state index < -0.39 is 47.0 Å². The van der Waals surface area contributed by atoms with Gasteiger partial charge in [0.15, 0.2) is 0 Å². The van der Waals surface area contributed by atoms with E-state index in [0.29, 0.717) is 0 Å². The van der Waals surface area contributed by atoms with Crippen LogP contribution < -0.4 is 9.64 Å². The Bertz CT molecular complexity index is 1440. The number of ether oxygens (including phenoxy) is 4. The summed E-state index contributed by atoms with van der Waals surface area (Å²) in [6.07, 6.45) is -5.72. The molecule has 1 amide bonds. The summed E-state index contributed by atoms with van der Waals surface area (Å²) in [6, 6.07) is 10.4. The van der Waals surface area contributed by atoms with Gasteiger partial charge in [-0.3, -0.25) is 9.69 Å². The van der Waals surface area contributed by atoms with Crippen LogP contribution in [-0.4, -0.2) is 48.9 Å². The Balaban J connectivity index is 2.00. The first kappa shape index (κ1) is 28.8. The molecule has 0 bridgehead atoms. The van der Waals surface area contributed by atoms with Crippen LogP contribution in [0.4, 0.5) is 23.7 Å². The predicted octanol–water partition coefficient (Wildman–Crippen LogP) is 5.95. The van der Waals surface area contributed by atoms with Crippen LogP contribution in [0.2, 0.25) is 0 Å². The second-order valence-corrected chi connectivity index (χ2v) is 10.3. The lowest BCUT2D eigenvalue weighted by atomic mass is 9.94. The number of rotatable bonds is 6. The van der Waals surface area contributed by atoms with E-state index in [2.05, 4.69) is 4.98 Å². The van der Waals surface area contributed by atoms with Crippen molar-refractivity contribution in [1.29, 1.82) is 0 Å². The summed E-state index contributed by atoms with van der Waals surface area (Å²) < 4.78 is 64.2. The van der Waals surface area contributed by atoms with E-state index in [0.717, 1.165) is 12.7 Å². The van der Waals surface area contributed by atoms with Gasteiger partial charge in [0.2, 0.25) is 0 Å². The number of carbonyl (C=O) groups is 3. The largest absolute Gasteiger partial charge is 0.487 e. The molecule has 2 heterocycles. The zero-order valence-corrected chi connectivity index (χ0v) is 22.6. The Kier molecular flexibility index (Phi) is 7.73. The highest BCUT2D eigenvalue weighted by Gasteiger charge is 2.44. The summed E-state index contributed by atoms with van der Waals surface area (Å²) in [4.78, 5) is 41.3. The van der Waals surface area contributed by atoms with Crippen molar-refractivity contribution < 1.29 is 46.5 Å². The maximum absolute atomic E-state index is 14.2. The molecular weight excluding hydrogens is 533 g/mol. The number of alkyl halides is 3. The molecule has 1 aliphatic rings. The predicted molar refractivity (Wildman–Crippen MR) is 138 cm³/mol. The number of H-pyrrole nitrogens is 1. The highest BCUT2D eigenvalue weighted by atomic mass is 19.4. The summed E-state index contributed by atoms with van der Waals surface area (Å²) in [5.74, 6) is -2.66. The molecule has 12 heteroatoms. The molecule has 0 saturated carbocycles. The number of hydrogen-bond acceptors (Lipinski definition) is 7. The van der Waals surface area contributed by atoms with E-state index in [-0.39, 0.29) is 47.7 Å². The SMILES string of the molecule is COC(=O)c1c(C(F)(F)F)[nH]c2c(OCc3ccccc3)cc3c(c12)[C@H](COC(C)=O)CN3C(=O)OC(C)(C)C. The molecule has 0 unspecified atom stereocenters. The van der Waals surface area contributed by atoms with Gasteiger partial charge in [0, 0.05) is 30.8 Å². The Morgan fingerprint density at radius 3 is 2.35 bits per heavy atom. The van der Waals surface area contributed by atoms with Gasteiger partial charge in [0.05, 0.1) is 30.5 Å². The second-order valence-electron chi connectivity index (χ2n) is 10.3. The van der Waals surface area contributed by atoms with Gasteiger partial charge in [-0.05, 0) is 31.9 Å². The molecule has 0 saturated heterocycles. The number of esters is 2. The van der Waals surface area contributed by atoms with Gasteiger partial charge in [0.25, 0.3) is 0 Å². The molecule has 214 valence electrons. The van der Waals surface area contributed by atoms with E-state index in [4.69, 9.17) is 18.9 Å². The molecule has 1 N–H and O–H groups in total. The third kappa shape index (κ3) is 5.85. The quantitative estimate of drug-likeness (QED) is 0.292. The average Bonchev–Trinajstić information content (AvgIpc) is 3.44. The summed E-state index contributed by atoms with van der Waals surface area (Å²) >= 11 is 0. The third-order valence-electron chi connectivity index (χ3n) is 6.17. The van der Waals surface area contributed by atoms with Crippen LogP contribution in [0.15, 0.2) is 36.4 Å². The summed E-state index contributed by atoms with van der Waals surface area (Å²) in [7, 11) is 0.973. The molecule has 40 heavy (non-hydrogen) atoms. The first-order chi connectivity index (χ1) is 18.7. The van der Waals surface area contributed by atoms with Crippen molar-refractivity contribution in [2.24, 2.45) is 0 Å². The normalized spacial score (nSPS) is 15.1. The Morgan fingerprint density at radius 1 is 1.10 bits per heavy atom. The van der Waals surface area contributed by atoms with Gasteiger partial charge in [-0.2, -0.15) is 13.2 Å². The Hall–Kier alpha value is -4.22. The maximum Gasteiger partial charge on any atom is 0.432 e. The number of carbonyl (C=O) groups excluding carboxylic acids is 3. The van der Waals surface area contributed by atoms with Crippen molar-refractivity contribution in [3.8, 4) is 5.75 Å². The number of hydrogen-bond donors (Lipinski definition) is 1. The minimum atomic E-state index is -4.96. The number of methoxy groups -OCH3 is 1. The molecular formula is C28H29F3N2O7. The third-order valence-corrected chi connectivity index (χ3v) is 6.17. The summed E-state index contributed by atoms with van der Waals surface area (Å²) in [5.41, 5.74) is -1.97. The van der Waals surface area contributed by atoms with Gasteiger partial charge in [-0.1, -0.05) is 30.3 Å². The minimum absolute atomic E-state index is 0.00797. The molecule has 1 atom stereocenters. The summed E-state index contributed by atoms with van der Waals surface area (Å²) in [6.45, 7) is 5.87. The topological polar surface area (TPSA) is 107 Å². The highest BCUT2D eigenvalue weighted by molar-refractivity contribution is 6.12. The number of amides is 1. The van der Waals surface area contributed by atoms with Crippen LogP contribution in [0.25, 0.3) is 10.9 Å². The Labute approximate surface area is 228 Å². The smallest absolute Gasteiger partial charge is 0.432 e. The standard InChI is InChI=1S/C28H29F3N2O7/c1-15(34)38-14-17-12-33(26(36)40-27(2,3)4)18-11-19(39-13-16-9-7-6-8-10-16)23-21(20(17)18)22(25(35)37-5)24(32-23)28(29,30)31/h6-11,17,32H,12-14H2,1-5H3/t17-/m0/s1. The van der Waals surface area contributed by atoms with E-state index in [1.54, 1.807) is 45.0 Å². The number of fused-ring (bicyclic) bond motifs is 3. The molecule has 0 spiro atoms. The van der Waals surface area contributed by atoms with Crippen molar-refractivity contribution in [2.45, 2.75) is 52.0 Å². The van der Waals surface area contributed by atoms with Gasteiger partial charge in [-0.25, -0.2) is 9.59 Å². The fourth-order valence-corrected chi connectivity index (χ4v) is 4.61. The van der Waals surface area contributed by atoms with E-state index >= 15 is 0 Å². The lowest BCUT2D eigenvalue weighted by molar-refractivity contribution is -0.142. The maximum atomic E-state index is 14.2. The lowest BCUT2D eigenvalue weighted by Gasteiger charge is -2.25. The molecule has 4 rings (SSSR count). The van der Waals surface area contributed by atoms with Crippen molar-refractivity contribution in [1.82, 2.24) is 4.98 Å². The number of aromatic amines is 1. The number of nitrogens with zero attached hydrogens (tertiary/aromatic N) is 1. The molecule has 1 aromatic heterocycles. The molecule has 9 nitrogen and oxygen atoms in total. The number of aromatic nitrogens is 1. The van der Waals surface area contributed by atoms with Crippen molar-refractivity contribution in [3.05, 3.63) is 58.8 Å². The molecule has 0 aliphatic carbocycles. The molecule has 2 aromatic carbocycles. The first-order valence-corrected chi connectivity index (χ1v) is 12.4. The molecule has 0 radical (unpaired) electrons. The highest BCUT2D eigenvalue weighted by Crippen LogP contribution is 2.49. The Morgan fingerprint density at radius 2 is 1.77 bits per heavy atom. The van der Waals surface area contributed by atoms with E-state index in [1.807, 2.05) is 6.07 Å². The van der Waals surface area contributed by atoms with Crippen molar-refractivity contribution in [3.63, 3.8) is 0 Å². The van der Waals surface area contributed by atoms with Gasteiger partial charge in [-0.15, -0.1) is 0 Å². The fraction of sp³-hybridized carbons (Fsp3) is 0.393. The van der Waals surface area contributed by atoms with Crippen LogP contribution in [0.3, 0.4) is 0 Å². The van der Waals surface area contributed by atoms with Crippen LogP contribution in [-0.2, 0) is 31.8 Å². The zero-order chi connectivity index (χ0) is 29.4. The van der Waals surface area contributed by atoms with Crippen molar-refractivity contribution in [2.75, 3.05) is 25.2 Å². The molecule has 1 aliphatic heterocycles. The van der Waals surface area contributed by atoms with Gasteiger partial charge >= 0.3 is 24.2 Å². The summed E-state index contributed by atoms with van der Waals surface area (Å²) in [5, 5.41) is -0.136. The number of benzene rings is 2. The van der Waals surface area contributed by atoms with Crippen LogP contribution in [0.1, 0.15) is 60.8 Å². The number of halogens is 3. The van der Waals surface area contributed by atoms with Crippen LogP contribution >= 0.6 is 0 Å². The van der Waals surface area contributed by atoms with Crippen LogP contribution in [0, 0.1) is 0 Å². The average molecular weight is 563 g/mol. The van der Waals surface area contributed by atoms with Crippen molar-refractivity contribution >= 4 is 34.6 Å². The number of nitrogens with one attached hydrogen (secondary N) is 1. The minimum Gasteiger partial charge on any atom is -0.487 e. The lowest BCUT2D eigenvalue weighted by Crippen LogP contribution is -2.36. The molecule has 3 aromatic rings.